The van der Waals surface area contributed by atoms with E-state index in [1.54, 1.807) is 12.2 Å². The van der Waals surface area contributed by atoms with Crippen molar-refractivity contribution in [2.45, 2.75) is 0 Å². The molecule has 0 radical (unpaired) electrons. The summed E-state index contributed by atoms with van der Waals surface area (Å²) in [4.78, 5) is 24.6. The van der Waals surface area contributed by atoms with E-state index in [2.05, 4.69) is 33.1 Å². The fourth-order valence-corrected chi connectivity index (χ4v) is 4.16. The molecule has 0 unspecified atom stereocenters. The molecule has 5 rings (SSSR count). The molecule has 1 aliphatic heterocycles. The van der Waals surface area contributed by atoms with E-state index in [4.69, 9.17) is 11.6 Å². The highest BCUT2D eigenvalue weighted by atomic mass is 35.5. The topological polar surface area (TPSA) is 52.2 Å². The van der Waals surface area contributed by atoms with E-state index >= 15 is 0 Å². The molecule has 2 aromatic heterocycles. The van der Waals surface area contributed by atoms with Crippen LogP contribution in [0.25, 0.3) is 27.9 Å². The second-order valence-corrected chi connectivity index (χ2v) is 7.89. The maximum atomic E-state index is 12.7. The van der Waals surface area contributed by atoms with Gasteiger partial charge in [0, 0.05) is 59.3 Å². The molecular formula is C24H21ClN4O. The number of amides is 1. The maximum absolute atomic E-state index is 12.7. The van der Waals surface area contributed by atoms with Crippen LogP contribution in [0.2, 0.25) is 5.02 Å². The lowest BCUT2D eigenvalue weighted by atomic mass is 10.1. The molecule has 4 aromatic rings. The number of anilines is 1. The Morgan fingerprint density at radius 1 is 0.967 bits per heavy atom. The van der Waals surface area contributed by atoms with Gasteiger partial charge in [-0.3, -0.25) is 9.78 Å². The number of para-hydroxylation sites is 1. The van der Waals surface area contributed by atoms with Crippen LogP contribution >= 0.6 is 11.6 Å². The van der Waals surface area contributed by atoms with Crippen LogP contribution in [-0.4, -0.2) is 47.0 Å². The van der Waals surface area contributed by atoms with Gasteiger partial charge in [-0.05, 0) is 36.4 Å². The van der Waals surface area contributed by atoms with Crippen LogP contribution in [0.3, 0.4) is 0 Å². The Bertz CT molecular complexity index is 1250. The third-order valence-corrected chi connectivity index (χ3v) is 5.81. The van der Waals surface area contributed by atoms with E-state index in [-0.39, 0.29) is 5.91 Å². The van der Waals surface area contributed by atoms with Crippen LogP contribution in [0, 0.1) is 0 Å². The van der Waals surface area contributed by atoms with Crippen LogP contribution in [-0.2, 0) is 4.79 Å². The first kappa shape index (κ1) is 18.7. The average Bonchev–Trinajstić information content (AvgIpc) is 3.15. The molecule has 1 saturated heterocycles. The third kappa shape index (κ3) is 3.64. The van der Waals surface area contributed by atoms with Crippen molar-refractivity contribution in [3.05, 3.63) is 77.6 Å². The lowest BCUT2D eigenvalue weighted by Gasteiger charge is -2.35. The molecule has 6 heteroatoms. The van der Waals surface area contributed by atoms with Crippen molar-refractivity contribution in [3.8, 4) is 0 Å². The Hall–Kier alpha value is -3.31. The molecule has 0 spiro atoms. The summed E-state index contributed by atoms with van der Waals surface area (Å²) in [5.41, 5.74) is 3.96. The van der Waals surface area contributed by atoms with Crippen LogP contribution in [0.5, 0.6) is 0 Å². The number of benzene rings is 2. The first-order valence-corrected chi connectivity index (χ1v) is 10.4. The molecule has 30 heavy (non-hydrogen) atoms. The van der Waals surface area contributed by atoms with Crippen molar-refractivity contribution < 1.29 is 4.79 Å². The van der Waals surface area contributed by atoms with E-state index in [1.807, 2.05) is 47.5 Å². The smallest absolute Gasteiger partial charge is 0.246 e. The van der Waals surface area contributed by atoms with Gasteiger partial charge in [-0.25, -0.2) is 0 Å². The average molecular weight is 417 g/mol. The van der Waals surface area contributed by atoms with Crippen molar-refractivity contribution in [2.24, 2.45) is 0 Å². The van der Waals surface area contributed by atoms with Gasteiger partial charge in [0.2, 0.25) is 5.91 Å². The van der Waals surface area contributed by atoms with E-state index in [0.29, 0.717) is 13.1 Å². The van der Waals surface area contributed by atoms with E-state index < -0.39 is 0 Å². The van der Waals surface area contributed by atoms with Gasteiger partial charge in [0.25, 0.3) is 0 Å². The molecule has 1 aliphatic rings. The molecule has 1 fully saturated rings. The summed E-state index contributed by atoms with van der Waals surface area (Å²) >= 11 is 6.10. The van der Waals surface area contributed by atoms with Crippen LogP contribution in [0.1, 0.15) is 5.69 Å². The molecule has 5 nitrogen and oxygen atoms in total. The first-order chi connectivity index (χ1) is 14.7. The Labute approximate surface area is 179 Å². The number of fused-ring (bicyclic) bond motifs is 3. The molecule has 2 aromatic carbocycles. The van der Waals surface area contributed by atoms with Crippen LogP contribution < -0.4 is 4.90 Å². The number of pyridine rings is 1. The van der Waals surface area contributed by atoms with Crippen LogP contribution in [0.15, 0.2) is 66.9 Å². The molecule has 1 amide bonds. The van der Waals surface area contributed by atoms with Crippen molar-refractivity contribution >= 4 is 51.1 Å². The SMILES string of the molecule is O=C(/C=C/c1cc2c(cn1)[nH]c1ccccc12)N1CCN(c2cccc(Cl)c2)CC1. The largest absolute Gasteiger partial charge is 0.368 e. The zero-order chi connectivity index (χ0) is 20.5. The number of halogens is 1. The summed E-state index contributed by atoms with van der Waals surface area (Å²) in [6.45, 7) is 2.95. The fourth-order valence-electron chi connectivity index (χ4n) is 3.98. The minimum atomic E-state index is 0.0153. The summed E-state index contributed by atoms with van der Waals surface area (Å²) in [6.07, 6.45) is 5.24. The monoisotopic (exact) mass is 416 g/mol. The first-order valence-electron chi connectivity index (χ1n) is 10.0. The number of nitrogens with zero attached hydrogens (tertiary/aromatic N) is 3. The molecular weight excluding hydrogens is 396 g/mol. The Balaban J connectivity index is 1.27. The number of carbonyl (C=O) groups excluding carboxylic acids is 1. The second-order valence-electron chi connectivity index (χ2n) is 7.45. The summed E-state index contributed by atoms with van der Waals surface area (Å²) < 4.78 is 0. The van der Waals surface area contributed by atoms with Gasteiger partial charge in [-0.1, -0.05) is 35.9 Å². The number of aromatic amines is 1. The van der Waals surface area contributed by atoms with E-state index in [1.165, 1.54) is 0 Å². The van der Waals surface area contributed by atoms with Gasteiger partial charge in [-0.15, -0.1) is 0 Å². The Morgan fingerprint density at radius 2 is 1.80 bits per heavy atom. The lowest BCUT2D eigenvalue weighted by molar-refractivity contribution is -0.126. The van der Waals surface area contributed by atoms with Gasteiger partial charge in [0.15, 0.2) is 0 Å². The van der Waals surface area contributed by atoms with Crippen molar-refractivity contribution in [2.75, 3.05) is 31.1 Å². The summed E-state index contributed by atoms with van der Waals surface area (Å²) in [6, 6.07) is 18.0. The molecule has 1 N–H and O–H groups in total. The quantitative estimate of drug-likeness (QED) is 0.491. The number of rotatable bonds is 3. The Morgan fingerprint density at radius 3 is 2.63 bits per heavy atom. The number of carbonyl (C=O) groups is 1. The normalized spacial score (nSPS) is 14.8. The molecule has 0 bridgehead atoms. The zero-order valence-electron chi connectivity index (χ0n) is 16.4. The van der Waals surface area contributed by atoms with Crippen molar-refractivity contribution in [1.82, 2.24) is 14.9 Å². The summed E-state index contributed by atoms with van der Waals surface area (Å²) in [7, 11) is 0. The number of hydrogen-bond acceptors (Lipinski definition) is 3. The highest BCUT2D eigenvalue weighted by Crippen LogP contribution is 2.25. The van der Waals surface area contributed by atoms with E-state index in [9.17, 15) is 4.79 Å². The number of piperazine rings is 1. The predicted molar refractivity (Wildman–Crippen MR) is 123 cm³/mol. The molecule has 150 valence electrons. The number of H-pyrrole nitrogens is 1. The number of aromatic nitrogens is 2. The molecule has 3 heterocycles. The number of nitrogens with one attached hydrogen (secondary N) is 1. The minimum Gasteiger partial charge on any atom is -0.368 e. The fraction of sp³-hybridized carbons (Fsp3) is 0.167. The minimum absolute atomic E-state index is 0.0153. The summed E-state index contributed by atoms with van der Waals surface area (Å²) in [5.74, 6) is 0.0153. The highest BCUT2D eigenvalue weighted by molar-refractivity contribution is 6.30. The third-order valence-electron chi connectivity index (χ3n) is 5.57. The van der Waals surface area contributed by atoms with Gasteiger partial charge in [-0.2, -0.15) is 0 Å². The van der Waals surface area contributed by atoms with Crippen molar-refractivity contribution in [1.29, 1.82) is 0 Å². The molecule has 0 atom stereocenters. The van der Waals surface area contributed by atoms with Gasteiger partial charge < -0.3 is 14.8 Å². The van der Waals surface area contributed by atoms with Gasteiger partial charge in [0.05, 0.1) is 17.4 Å². The summed E-state index contributed by atoms with van der Waals surface area (Å²) in [5, 5.41) is 3.00. The predicted octanol–water partition coefficient (Wildman–Crippen LogP) is 4.73. The molecule has 0 aliphatic carbocycles. The second kappa shape index (κ2) is 7.84. The highest BCUT2D eigenvalue weighted by Gasteiger charge is 2.20. The van der Waals surface area contributed by atoms with Gasteiger partial charge in [0.1, 0.15) is 0 Å². The number of hydrogen-bond donors (Lipinski definition) is 1. The maximum Gasteiger partial charge on any atom is 0.246 e. The molecule has 0 saturated carbocycles. The zero-order valence-corrected chi connectivity index (χ0v) is 17.1. The lowest BCUT2D eigenvalue weighted by Crippen LogP contribution is -2.48. The van der Waals surface area contributed by atoms with Crippen molar-refractivity contribution in [3.63, 3.8) is 0 Å². The standard InChI is InChI=1S/C24H21ClN4O/c25-17-4-3-5-19(14-17)28-10-12-29(13-11-28)24(30)9-8-18-15-21-20-6-1-2-7-22(20)27-23(21)16-26-18/h1-9,14-16,27H,10-13H2/b9-8+. The van der Waals surface area contributed by atoms with E-state index in [0.717, 1.165) is 51.3 Å². The van der Waals surface area contributed by atoms with Crippen LogP contribution in [0.4, 0.5) is 5.69 Å². The Kier molecular flexibility index (Phi) is 4.89. The van der Waals surface area contributed by atoms with Gasteiger partial charge >= 0.3 is 0 Å².